The Kier molecular flexibility index (Phi) is 5.03. The molecule has 0 bridgehead atoms. The second-order valence-electron chi connectivity index (χ2n) is 6.54. The molecule has 7 heteroatoms. The molecule has 0 atom stereocenters. The molecular weight excluding hydrogens is 365 g/mol. The van der Waals surface area contributed by atoms with Gasteiger partial charge in [0.05, 0.1) is 4.91 Å². The molecule has 1 aromatic heterocycles. The molecule has 2 aliphatic heterocycles. The SMILES string of the molecule is CN1C(=O)/C(=C\c2ccc(N3CCCCC3)o2)SC1=Nc1ccccc1F. The first-order valence-corrected chi connectivity index (χ1v) is 9.79. The van der Waals surface area contributed by atoms with Crippen molar-refractivity contribution < 1.29 is 13.6 Å². The number of amides is 1. The summed E-state index contributed by atoms with van der Waals surface area (Å²) in [5, 5.41) is 0.444. The van der Waals surface area contributed by atoms with E-state index in [9.17, 15) is 9.18 Å². The number of benzene rings is 1. The highest BCUT2D eigenvalue weighted by Crippen LogP contribution is 2.34. The molecule has 140 valence electrons. The van der Waals surface area contributed by atoms with Crippen LogP contribution >= 0.6 is 11.8 Å². The Hall–Kier alpha value is -2.54. The van der Waals surface area contributed by atoms with E-state index in [1.165, 1.54) is 42.0 Å². The van der Waals surface area contributed by atoms with Crippen LogP contribution < -0.4 is 4.90 Å². The van der Waals surface area contributed by atoms with Gasteiger partial charge in [-0.25, -0.2) is 9.38 Å². The maximum atomic E-state index is 13.8. The van der Waals surface area contributed by atoms with Gasteiger partial charge >= 0.3 is 0 Å². The summed E-state index contributed by atoms with van der Waals surface area (Å²) in [5.41, 5.74) is 0.214. The van der Waals surface area contributed by atoms with Crippen LogP contribution in [0.2, 0.25) is 0 Å². The third-order valence-electron chi connectivity index (χ3n) is 4.63. The summed E-state index contributed by atoms with van der Waals surface area (Å²) in [5.74, 6) is 0.879. The number of rotatable bonds is 3. The highest BCUT2D eigenvalue weighted by atomic mass is 32.2. The Labute approximate surface area is 161 Å². The normalized spacial score (nSPS) is 20.9. The van der Waals surface area contributed by atoms with Gasteiger partial charge in [-0.1, -0.05) is 12.1 Å². The smallest absolute Gasteiger partial charge is 0.266 e. The van der Waals surface area contributed by atoms with Crippen LogP contribution in [0.5, 0.6) is 0 Å². The average molecular weight is 385 g/mol. The molecule has 27 heavy (non-hydrogen) atoms. The maximum absolute atomic E-state index is 13.8. The summed E-state index contributed by atoms with van der Waals surface area (Å²) in [4.78, 5) is 21.0. The number of carbonyl (C=O) groups excluding carboxylic acids is 1. The Morgan fingerprint density at radius 3 is 2.70 bits per heavy atom. The van der Waals surface area contributed by atoms with Gasteiger partial charge in [-0.15, -0.1) is 0 Å². The van der Waals surface area contributed by atoms with E-state index in [-0.39, 0.29) is 11.6 Å². The van der Waals surface area contributed by atoms with Crippen LogP contribution in [0.4, 0.5) is 16.0 Å². The molecule has 5 nitrogen and oxygen atoms in total. The van der Waals surface area contributed by atoms with Crippen LogP contribution in [-0.2, 0) is 4.79 Å². The molecule has 0 saturated carbocycles. The lowest BCUT2D eigenvalue weighted by Crippen LogP contribution is -2.28. The first-order valence-electron chi connectivity index (χ1n) is 8.97. The van der Waals surface area contributed by atoms with Crippen LogP contribution in [0.25, 0.3) is 6.08 Å². The highest BCUT2D eigenvalue weighted by molar-refractivity contribution is 8.18. The first-order chi connectivity index (χ1) is 13.1. The van der Waals surface area contributed by atoms with Crippen molar-refractivity contribution in [2.45, 2.75) is 19.3 Å². The zero-order chi connectivity index (χ0) is 18.8. The summed E-state index contributed by atoms with van der Waals surface area (Å²) in [6, 6.07) is 10.1. The molecule has 4 rings (SSSR count). The zero-order valence-electron chi connectivity index (χ0n) is 15.0. The predicted molar refractivity (Wildman–Crippen MR) is 107 cm³/mol. The van der Waals surface area contributed by atoms with Gasteiger partial charge in [0.25, 0.3) is 5.91 Å². The van der Waals surface area contributed by atoms with Gasteiger partial charge in [0.15, 0.2) is 11.1 Å². The summed E-state index contributed by atoms with van der Waals surface area (Å²) >= 11 is 1.22. The minimum absolute atomic E-state index is 0.175. The zero-order valence-corrected chi connectivity index (χ0v) is 15.8. The number of likely N-dealkylation sites (N-methyl/N-ethyl adjacent to an activating group) is 1. The molecule has 2 fully saturated rings. The number of para-hydroxylation sites is 1. The van der Waals surface area contributed by atoms with Gasteiger partial charge in [-0.2, -0.15) is 0 Å². The van der Waals surface area contributed by atoms with E-state index >= 15 is 0 Å². The molecule has 2 aliphatic rings. The molecule has 1 aromatic carbocycles. The standard InChI is InChI=1S/C20H20FN3O2S/c1-23-19(25)17(27-20(23)22-16-8-4-3-7-15(16)21)13-14-9-10-18(26-14)24-11-5-2-6-12-24/h3-4,7-10,13H,2,5-6,11-12H2,1H3/b17-13+,22-20?. The van der Waals surface area contributed by atoms with Crippen molar-refractivity contribution in [1.29, 1.82) is 0 Å². The van der Waals surface area contributed by atoms with Crippen LogP contribution in [0, 0.1) is 5.82 Å². The number of nitrogens with zero attached hydrogens (tertiary/aromatic N) is 3. The van der Waals surface area contributed by atoms with Gasteiger partial charge in [0.1, 0.15) is 17.3 Å². The number of amidine groups is 1. The van der Waals surface area contributed by atoms with Crippen LogP contribution in [-0.4, -0.2) is 36.1 Å². The molecule has 3 heterocycles. The van der Waals surface area contributed by atoms with Crippen molar-refractivity contribution in [2.75, 3.05) is 25.0 Å². The Morgan fingerprint density at radius 1 is 1.15 bits per heavy atom. The van der Waals surface area contributed by atoms with Crippen LogP contribution in [0.15, 0.2) is 50.7 Å². The fourth-order valence-corrected chi connectivity index (χ4v) is 4.09. The summed E-state index contributed by atoms with van der Waals surface area (Å²) in [6.07, 6.45) is 5.33. The molecular formula is C20H20FN3O2S. The van der Waals surface area contributed by atoms with Crippen molar-refractivity contribution >= 4 is 40.5 Å². The lowest BCUT2D eigenvalue weighted by atomic mass is 10.1. The third-order valence-corrected chi connectivity index (χ3v) is 5.69. The molecule has 0 spiro atoms. The Morgan fingerprint density at radius 2 is 1.93 bits per heavy atom. The van der Waals surface area contributed by atoms with E-state index in [1.807, 2.05) is 12.1 Å². The van der Waals surface area contributed by atoms with Crippen molar-refractivity contribution in [3.05, 3.63) is 52.9 Å². The van der Waals surface area contributed by atoms with E-state index in [4.69, 9.17) is 4.42 Å². The number of hydrogen-bond acceptors (Lipinski definition) is 5. The largest absolute Gasteiger partial charge is 0.441 e. The lowest BCUT2D eigenvalue weighted by molar-refractivity contribution is -0.121. The molecule has 0 N–H and O–H groups in total. The first kappa shape index (κ1) is 17.9. The highest BCUT2D eigenvalue weighted by Gasteiger charge is 2.31. The van der Waals surface area contributed by atoms with E-state index < -0.39 is 5.82 Å². The van der Waals surface area contributed by atoms with E-state index in [0.717, 1.165) is 19.0 Å². The van der Waals surface area contributed by atoms with E-state index in [1.54, 1.807) is 31.3 Å². The van der Waals surface area contributed by atoms with Gasteiger partial charge < -0.3 is 9.32 Å². The monoisotopic (exact) mass is 385 g/mol. The lowest BCUT2D eigenvalue weighted by Gasteiger charge is -2.25. The van der Waals surface area contributed by atoms with Crippen molar-refractivity contribution in [3.8, 4) is 0 Å². The van der Waals surface area contributed by atoms with Crippen LogP contribution in [0.3, 0.4) is 0 Å². The van der Waals surface area contributed by atoms with Crippen molar-refractivity contribution in [3.63, 3.8) is 0 Å². The number of carbonyl (C=O) groups is 1. The topological polar surface area (TPSA) is 49.1 Å². The third kappa shape index (κ3) is 3.78. The van der Waals surface area contributed by atoms with Crippen molar-refractivity contribution in [2.24, 2.45) is 4.99 Å². The molecule has 2 aromatic rings. The minimum atomic E-state index is -0.416. The predicted octanol–water partition coefficient (Wildman–Crippen LogP) is 4.64. The summed E-state index contributed by atoms with van der Waals surface area (Å²) in [7, 11) is 1.64. The fourth-order valence-electron chi connectivity index (χ4n) is 3.13. The summed E-state index contributed by atoms with van der Waals surface area (Å²) in [6.45, 7) is 2.00. The number of piperidine rings is 1. The van der Waals surface area contributed by atoms with Crippen LogP contribution in [0.1, 0.15) is 25.0 Å². The van der Waals surface area contributed by atoms with Gasteiger partial charge in [-0.3, -0.25) is 9.69 Å². The average Bonchev–Trinajstić information content (AvgIpc) is 3.25. The second-order valence-corrected chi connectivity index (χ2v) is 7.55. The second kappa shape index (κ2) is 7.60. The molecule has 0 radical (unpaired) electrons. The molecule has 2 saturated heterocycles. The number of halogens is 1. The number of hydrogen-bond donors (Lipinski definition) is 0. The molecule has 1 amide bonds. The number of aliphatic imine (C=N–C) groups is 1. The van der Waals surface area contributed by atoms with Gasteiger partial charge in [0.2, 0.25) is 0 Å². The maximum Gasteiger partial charge on any atom is 0.266 e. The molecule has 0 aliphatic carbocycles. The van der Waals surface area contributed by atoms with Gasteiger partial charge in [0, 0.05) is 32.3 Å². The Bertz CT molecular complexity index is 915. The number of furan rings is 1. The number of anilines is 1. The quantitative estimate of drug-likeness (QED) is 0.722. The van der Waals surface area contributed by atoms with E-state index in [0.29, 0.717) is 15.8 Å². The van der Waals surface area contributed by atoms with Crippen molar-refractivity contribution in [1.82, 2.24) is 4.90 Å². The number of thioether (sulfide) groups is 1. The fraction of sp³-hybridized carbons (Fsp3) is 0.300. The van der Waals surface area contributed by atoms with Gasteiger partial charge in [-0.05, 0) is 49.2 Å². The minimum Gasteiger partial charge on any atom is -0.441 e. The Balaban J connectivity index is 1.55. The van der Waals surface area contributed by atoms with E-state index in [2.05, 4.69) is 9.89 Å². The summed E-state index contributed by atoms with van der Waals surface area (Å²) < 4.78 is 19.7. The molecule has 0 unspecified atom stereocenters.